The predicted octanol–water partition coefficient (Wildman–Crippen LogP) is 3.83. The third-order valence-electron chi connectivity index (χ3n) is 1.55. The zero-order valence-corrected chi connectivity index (χ0v) is 11.2. The van der Waals surface area contributed by atoms with Gasteiger partial charge >= 0.3 is 36.7 Å². The van der Waals surface area contributed by atoms with Gasteiger partial charge in [-0.2, -0.15) is 52.7 Å². The minimum atomic E-state index is -7.06. The molecular formula is C8H10F12O4. The molecule has 0 fully saturated rings. The van der Waals surface area contributed by atoms with Crippen LogP contribution in [0.25, 0.3) is 0 Å². The van der Waals surface area contributed by atoms with E-state index in [-0.39, 0.29) is 1.43 Å². The molecule has 0 saturated carbocycles. The van der Waals surface area contributed by atoms with Crippen LogP contribution in [-0.2, 0) is 9.47 Å². The smallest absolute Gasteiger partial charge is 0.329 e. The molecule has 0 amide bonds. The highest BCUT2D eigenvalue weighted by Crippen LogP contribution is 2.48. The SMILES string of the molecule is CC.OC(F)(F)C(F)(F)OC(F)(F)C(F)(F)OC(F)(F)C(O)(F)F.[HH]. The maximum absolute atomic E-state index is 12.5. The van der Waals surface area contributed by atoms with Crippen molar-refractivity contribution in [2.24, 2.45) is 0 Å². The second kappa shape index (κ2) is 7.09. The van der Waals surface area contributed by atoms with E-state index in [1.807, 2.05) is 13.8 Å². The number of hydrogen-bond donors (Lipinski definition) is 2. The van der Waals surface area contributed by atoms with Gasteiger partial charge in [-0.05, 0) is 0 Å². The Morgan fingerprint density at radius 2 is 0.667 bits per heavy atom. The summed E-state index contributed by atoms with van der Waals surface area (Å²) in [7, 11) is 0. The number of alkyl halides is 12. The third-order valence-corrected chi connectivity index (χ3v) is 1.55. The van der Waals surface area contributed by atoms with Crippen LogP contribution in [-0.4, -0.2) is 46.9 Å². The van der Waals surface area contributed by atoms with Crippen LogP contribution in [0.5, 0.6) is 0 Å². The topological polar surface area (TPSA) is 58.9 Å². The Kier molecular flexibility index (Phi) is 7.45. The lowest BCUT2D eigenvalue weighted by Gasteiger charge is -2.32. The second-order valence-electron chi connectivity index (χ2n) is 3.35. The second-order valence-corrected chi connectivity index (χ2v) is 3.35. The molecule has 0 aliphatic rings. The molecule has 0 spiro atoms. The summed E-state index contributed by atoms with van der Waals surface area (Å²) in [5.74, 6) is 0. The molecule has 24 heavy (non-hydrogen) atoms. The van der Waals surface area contributed by atoms with Gasteiger partial charge in [-0.15, -0.1) is 0 Å². The van der Waals surface area contributed by atoms with Crippen molar-refractivity contribution in [3.8, 4) is 0 Å². The first-order valence-electron chi connectivity index (χ1n) is 5.28. The van der Waals surface area contributed by atoms with Crippen LogP contribution < -0.4 is 0 Å². The molecule has 16 heteroatoms. The summed E-state index contributed by atoms with van der Waals surface area (Å²) in [6.45, 7) is 4.00. The number of ether oxygens (including phenoxy) is 2. The molecule has 4 nitrogen and oxygen atoms in total. The summed E-state index contributed by atoms with van der Waals surface area (Å²) < 4.78 is 148. The van der Waals surface area contributed by atoms with Crippen molar-refractivity contribution in [3.05, 3.63) is 0 Å². The predicted molar refractivity (Wildman–Crippen MR) is 49.8 cm³/mol. The van der Waals surface area contributed by atoms with Crippen molar-refractivity contribution < 1.29 is 73.8 Å². The summed E-state index contributed by atoms with van der Waals surface area (Å²) in [6.07, 6.45) is -40.6. The molecule has 0 atom stereocenters. The zero-order chi connectivity index (χ0) is 20.4. The van der Waals surface area contributed by atoms with Crippen molar-refractivity contribution in [2.45, 2.75) is 50.5 Å². The zero-order valence-electron chi connectivity index (χ0n) is 11.2. The average Bonchev–Trinajstić information content (AvgIpc) is 2.25. The van der Waals surface area contributed by atoms with Gasteiger partial charge in [-0.1, -0.05) is 13.8 Å². The van der Waals surface area contributed by atoms with Crippen LogP contribution in [0.2, 0.25) is 0 Å². The van der Waals surface area contributed by atoms with E-state index in [9.17, 15) is 52.7 Å². The van der Waals surface area contributed by atoms with Crippen molar-refractivity contribution in [2.75, 3.05) is 0 Å². The Labute approximate surface area is 126 Å². The third kappa shape index (κ3) is 5.82. The molecular weight excluding hydrogens is 388 g/mol. The van der Waals surface area contributed by atoms with Crippen molar-refractivity contribution in [1.82, 2.24) is 0 Å². The molecule has 150 valence electrons. The number of aliphatic hydroxyl groups is 2. The molecule has 0 aromatic heterocycles. The van der Waals surface area contributed by atoms with E-state index in [0.717, 1.165) is 0 Å². The Bertz CT molecular complexity index is 367. The van der Waals surface area contributed by atoms with Gasteiger partial charge in [0.15, 0.2) is 0 Å². The summed E-state index contributed by atoms with van der Waals surface area (Å²) in [4.78, 5) is 0. The molecule has 0 aliphatic heterocycles. The minimum Gasteiger partial charge on any atom is -0.329 e. The standard InChI is InChI=1S/C6H2F12O4.C2H6.H2/c7-1(8,19)3(11,12)21-5(15,16)6(17,18)22-4(13,14)2(9,10)20;1-2;/h19-20H;1-2H3;1H. The molecule has 0 radical (unpaired) electrons. The Morgan fingerprint density at radius 3 is 0.792 bits per heavy atom. The van der Waals surface area contributed by atoms with E-state index in [4.69, 9.17) is 10.2 Å². The number of rotatable bonds is 7. The molecule has 0 rings (SSSR count). The van der Waals surface area contributed by atoms with Gasteiger partial charge in [0.05, 0.1) is 0 Å². The largest absolute Gasteiger partial charge is 0.453 e. The van der Waals surface area contributed by atoms with E-state index in [1.165, 1.54) is 9.47 Å². The summed E-state index contributed by atoms with van der Waals surface area (Å²) in [6, 6.07) is 0. The van der Waals surface area contributed by atoms with Crippen molar-refractivity contribution in [1.29, 1.82) is 0 Å². The molecule has 0 aromatic rings. The molecule has 0 saturated heterocycles. The van der Waals surface area contributed by atoms with Crippen LogP contribution >= 0.6 is 0 Å². The van der Waals surface area contributed by atoms with E-state index in [0.29, 0.717) is 0 Å². The van der Waals surface area contributed by atoms with Crippen LogP contribution in [0.1, 0.15) is 15.3 Å². The molecule has 0 heterocycles. The first-order chi connectivity index (χ1) is 10.2. The summed E-state index contributed by atoms with van der Waals surface area (Å²) in [5.41, 5.74) is 0. The first-order valence-corrected chi connectivity index (χ1v) is 5.28. The maximum atomic E-state index is 12.5. The van der Waals surface area contributed by atoms with Crippen LogP contribution in [0.3, 0.4) is 0 Å². The molecule has 0 aromatic carbocycles. The molecule has 0 unspecified atom stereocenters. The van der Waals surface area contributed by atoms with E-state index in [2.05, 4.69) is 0 Å². The number of hydrogen-bond acceptors (Lipinski definition) is 4. The van der Waals surface area contributed by atoms with Gasteiger partial charge in [0.1, 0.15) is 0 Å². The van der Waals surface area contributed by atoms with Crippen LogP contribution in [0, 0.1) is 0 Å². The lowest BCUT2D eigenvalue weighted by Crippen LogP contribution is -2.58. The molecule has 0 aliphatic carbocycles. The lowest BCUT2D eigenvalue weighted by molar-refractivity contribution is -0.560. The highest BCUT2D eigenvalue weighted by molar-refractivity contribution is 4.76. The van der Waals surface area contributed by atoms with Crippen LogP contribution in [0.15, 0.2) is 0 Å². The van der Waals surface area contributed by atoms with Crippen LogP contribution in [0.4, 0.5) is 52.7 Å². The quantitative estimate of drug-likeness (QED) is 0.641. The average molecular weight is 398 g/mol. The van der Waals surface area contributed by atoms with Gasteiger partial charge in [-0.3, -0.25) is 0 Å². The van der Waals surface area contributed by atoms with E-state index < -0.39 is 36.7 Å². The van der Waals surface area contributed by atoms with E-state index in [1.54, 1.807) is 0 Å². The number of halogens is 12. The van der Waals surface area contributed by atoms with Crippen molar-refractivity contribution in [3.63, 3.8) is 0 Å². The van der Waals surface area contributed by atoms with Gasteiger partial charge in [0.25, 0.3) is 0 Å². The monoisotopic (exact) mass is 398 g/mol. The highest BCUT2D eigenvalue weighted by atomic mass is 19.4. The highest BCUT2D eigenvalue weighted by Gasteiger charge is 2.74. The van der Waals surface area contributed by atoms with Gasteiger partial charge in [-0.25, -0.2) is 9.47 Å². The van der Waals surface area contributed by atoms with Gasteiger partial charge in [0, 0.05) is 1.43 Å². The van der Waals surface area contributed by atoms with Crippen molar-refractivity contribution >= 4 is 0 Å². The summed E-state index contributed by atoms with van der Waals surface area (Å²) >= 11 is 0. The fraction of sp³-hybridized carbons (Fsp3) is 1.00. The lowest BCUT2D eigenvalue weighted by atomic mass is 10.5. The Morgan fingerprint density at radius 1 is 0.500 bits per heavy atom. The van der Waals surface area contributed by atoms with Gasteiger partial charge < -0.3 is 10.2 Å². The fourth-order valence-corrected chi connectivity index (χ4v) is 0.564. The Balaban J connectivity index is -0.00000155. The van der Waals surface area contributed by atoms with E-state index >= 15 is 0 Å². The Hall–Kier alpha value is -1.00. The summed E-state index contributed by atoms with van der Waals surface area (Å²) in [5, 5.41) is 14.8. The fourth-order valence-electron chi connectivity index (χ4n) is 0.564. The molecule has 0 bridgehead atoms. The minimum absolute atomic E-state index is 0. The molecule has 2 N–H and O–H groups in total. The first kappa shape index (κ1) is 25.2. The maximum Gasteiger partial charge on any atom is 0.453 e. The van der Waals surface area contributed by atoms with Gasteiger partial charge in [0.2, 0.25) is 0 Å². The normalized spacial score (nSPS) is 15.0.